The quantitative estimate of drug-likeness (QED) is 0.479. The molecule has 170 valence electrons. The molecule has 0 aromatic heterocycles. The number of phenolic OH excluding ortho intramolecular Hbond substituents is 1. The van der Waals surface area contributed by atoms with E-state index in [2.05, 4.69) is 4.72 Å². The predicted molar refractivity (Wildman–Crippen MR) is 114 cm³/mol. The number of nitrogens with one attached hydrogen (secondary N) is 1. The van der Waals surface area contributed by atoms with Gasteiger partial charge in [0.2, 0.25) is 0 Å². The number of piperidine rings is 1. The first-order valence-electron chi connectivity index (χ1n) is 9.81. The number of nitrogens with zero attached hydrogens (tertiary/aromatic N) is 1. The van der Waals surface area contributed by atoms with Gasteiger partial charge in [-0.3, -0.25) is 4.79 Å². The number of amides is 1. The summed E-state index contributed by atoms with van der Waals surface area (Å²) in [6.45, 7) is 6.83. The first kappa shape index (κ1) is 25.2. The molecular formula is C20H30ClFN2O5S. The van der Waals surface area contributed by atoms with Crippen LogP contribution in [0.4, 0.5) is 4.39 Å². The minimum Gasteiger partial charge on any atom is -0.598 e. The Labute approximate surface area is 184 Å². The number of halogens is 2. The maximum atomic E-state index is 15.1. The van der Waals surface area contributed by atoms with Crippen LogP contribution in [0.2, 0.25) is 5.02 Å². The van der Waals surface area contributed by atoms with Gasteiger partial charge < -0.3 is 24.8 Å². The Bertz CT molecular complexity index is 769. The normalized spacial score (nSPS) is 18.9. The van der Waals surface area contributed by atoms with Crippen molar-refractivity contribution in [1.29, 1.82) is 0 Å². The first-order valence-corrected chi connectivity index (χ1v) is 11.3. The van der Waals surface area contributed by atoms with E-state index in [-0.39, 0.29) is 35.3 Å². The standard InChI is InChI=1S/C20H30ClFN2O5S/c1-11-9-13(26)15(17(22)16(11)21)18(23-30(29)20(2,3)4)12-5-7-24(8-6-12)19(28)14(27)10-25/h9,12,14,18,23,25-27H,5-8,10H2,1-4H3. The van der Waals surface area contributed by atoms with Crippen molar-refractivity contribution in [3.63, 3.8) is 0 Å². The molecule has 0 spiro atoms. The Morgan fingerprint density at radius 1 is 1.43 bits per heavy atom. The minimum absolute atomic E-state index is 0.0385. The average molecular weight is 465 g/mol. The Morgan fingerprint density at radius 3 is 2.50 bits per heavy atom. The van der Waals surface area contributed by atoms with Gasteiger partial charge in [-0.05, 0) is 58.1 Å². The Balaban J connectivity index is 2.33. The Hall–Kier alpha value is -1.10. The molecule has 7 nitrogen and oxygen atoms in total. The van der Waals surface area contributed by atoms with Crippen LogP contribution in [0.25, 0.3) is 0 Å². The van der Waals surface area contributed by atoms with Gasteiger partial charge in [0.05, 0.1) is 23.2 Å². The van der Waals surface area contributed by atoms with Crippen LogP contribution in [0.3, 0.4) is 0 Å². The number of carbonyl (C=O) groups excluding carboxylic acids is 1. The van der Waals surface area contributed by atoms with Gasteiger partial charge in [0.1, 0.15) is 10.5 Å². The van der Waals surface area contributed by atoms with E-state index < -0.39 is 46.6 Å². The summed E-state index contributed by atoms with van der Waals surface area (Å²) in [4.78, 5) is 13.5. The summed E-state index contributed by atoms with van der Waals surface area (Å²) in [5, 5.41) is 29.0. The Morgan fingerprint density at radius 2 is 2.00 bits per heavy atom. The molecule has 0 saturated carbocycles. The molecule has 2 rings (SSSR count). The second-order valence-electron chi connectivity index (χ2n) is 8.59. The fraction of sp³-hybridized carbons (Fsp3) is 0.650. The zero-order valence-corrected chi connectivity index (χ0v) is 19.2. The lowest BCUT2D eigenvalue weighted by Gasteiger charge is -2.38. The van der Waals surface area contributed by atoms with Crippen molar-refractivity contribution >= 4 is 28.9 Å². The second kappa shape index (κ2) is 10.0. The molecule has 3 atom stereocenters. The van der Waals surface area contributed by atoms with E-state index in [1.54, 1.807) is 27.7 Å². The van der Waals surface area contributed by atoms with Crippen LogP contribution < -0.4 is 4.72 Å². The zero-order valence-electron chi connectivity index (χ0n) is 17.6. The van der Waals surface area contributed by atoms with Crippen LogP contribution in [0.5, 0.6) is 5.75 Å². The highest BCUT2D eigenvalue weighted by molar-refractivity contribution is 7.90. The van der Waals surface area contributed by atoms with Crippen LogP contribution in [0.15, 0.2) is 6.07 Å². The number of aromatic hydroxyl groups is 1. The van der Waals surface area contributed by atoms with Crippen LogP contribution in [-0.2, 0) is 16.2 Å². The van der Waals surface area contributed by atoms with Crippen molar-refractivity contribution in [2.75, 3.05) is 19.7 Å². The molecule has 1 fully saturated rings. The van der Waals surface area contributed by atoms with Crippen molar-refractivity contribution in [2.45, 2.75) is 57.4 Å². The van der Waals surface area contributed by atoms with E-state index in [1.165, 1.54) is 11.0 Å². The van der Waals surface area contributed by atoms with Gasteiger partial charge in [-0.1, -0.05) is 11.6 Å². The van der Waals surface area contributed by atoms with Gasteiger partial charge in [-0.25, -0.2) is 4.39 Å². The van der Waals surface area contributed by atoms with Crippen LogP contribution >= 0.6 is 11.6 Å². The third-order valence-electron chi connectivity index (χ3n) is 5.29. The minimum atomic E-state index is -1.55. The molecule has 10 heteroatoms. The van der Waals surface area contributed by atoms with E-state index in [4.69, 9.17) is 16.7 Å². The number of phenols is 1. The van der Waals surface area contributed by atoms with E-state index in [0.717, 1.165) is 0 Å². The smallest absolute Gasteiger partial charge is 0.253 e. The molecule has 0 radical (unpaired) electrons. The molecule has 1 amide bonds. The number of aliphatic hydroxyl groups is 2. The molecule has 1 saturated heterocycles. The summed E-state index contributed by atoms with van der Waals surface area (Å²) in [7, 11) is 0. The van der Waals surface area contributed by atoms with Crippen molar-refractivity contribution in [2.24, 2.45) is 5.92 Å². The van der Waals surface area contributed by atoms with E-state index in [0.29, 0.717) is 18.4 Å². The van der Waals surface area contributed by atoms with E-state index in [9.17, 15) is 19.6 Å². The summed E-state index contributed by atoms with van der Waals surface area (Å²) < 4.78 is 30.2. The molecule has 0 aliphatic carbocycles. The number of aryl methyl sites for hydroxylation is 1. The maximum Gasteiger partial charge on any atom is 0.253 e. The number of hydrogen-bond donors (Lipinski definition) is 4. The van der Waals surface area contributed by atoms with Gasteiger partial charge in [0.15, 0.2) is 11.9 Å². The lowest BCUT2D eigenvalue weighted by molar-refractivity contribution is -0.143. The summed E-state index contributed by atoms with van der Waals surface area (Å²) in [6.07, 6.45) is -0.623. The SMILES string of the molecule is Cc1cc(O)c(C(N[S+]([O-])C(C)(C)C)C2CCN(C(=O)C(O)CO)CC2)c(F)c1Cl. The van der Waals surface area contributed by atoms with Crippen molar-refractivity contribution < 1.29 is 29.1 Å². The third-order valence-corrected chi connectivity index (χ3v) is 7.33. The molecule has 1 aliphatic rings. The molecule has 3 unspecified atom stereocenters. The highest BCUT2D eigenvalue weighted by atomic mass is 35.5. The maximum absolute atomic E-state index is 15.1. The van der Waals surface area contributed by atoms with Gasteiger partial charge in [0, 0.05) is 24.5 Å². The van der Waals surface area contributed by atoms with E-state index >= 15 is 4.39 Å². The molecular weight excluding hydrogens is 435 g/mol. The molecule has 4 N–H and O–H groups in total. The highest BCUT2D eigenvalue weighted by Gasteiger charge is 2.39. The molecule has 30 heavy (non-hydrogen) atoms. The first-order chi connectivity index (χ1) is 13.9. The number of hydrogen-bond acceptors (Lipinski definition) is 6. The lowest BCUT2D eigenvalue weighted by Crippen LogP contribution is -2.48. The lowest BCUT2D eigenvalue weighted by atomic mass is 9.85. The average Bonchev–Trinajstić information content (AvgIpc) is 2.69. The van der Waals surface area contributed by atoms with Crippen molar-refractivity contribution in [1.82, 2.24) is 9.62 Å². The van der Waals surface area contributed by atoms with Crippen LogP contribution in [-0.4, -0.2) is 61.2 Å². The van der Waals surface area contributed by atoms with Crippen LogP contribution in [0.1, 0.15) is 50.8 Å². The van der Waals surface area contributed by atoms with Crippen LogP contribution in [0, 0.1) is 18.7 Å². The monoisotopic (exact) mass is 464 g/mol. The molecule has 1 aromatic carbocycles. The van der Waals surface area contributed by atoms with Gasteiger partial charge >= 0.3 is 0 Å². The molecule has 1 heterocycles. The number of benzene rings is 1. The van der Waals surface area contributed by atoms with Gasteiger partial charge in [-0.15, -0.1) is 4.72 Å². The topological polar surface area (TPSA) is 116 Å². The van der Waals surface area contributed by atoms with Gasteiger partial charge in [0.25, 0.3) is 5.91 Å². The fourth-order valence-corrected chi connectivity index (χ4v) is 4.52. The molecule has 0 bridgehead atoms. The predicted octanol–water partition coefficient (Wildman–Crippen LogP) is 2.18. The summed E-state index contributed by atoms with van der Waals surface area (Å²) >= 11 is 4.54. The summed E-state index contributed by atoms with van der Waals surface area (Å²) in [5.74, 6) is -1.84. The number of aliphatic hydroxyl groups excluding tert-OH is 2. The van der Waals surface area contributed by atoms with Crippen molar-refractivity contribution in [3.05, 3.63) is 28.0 Å². The fourth-order valence-electron chi connectivity index (χ4n) is 3.47. The second-order valence-corrected chi connectivity index (χ2v) is 11.0. The molecule has 1 aromatic rings. The number of carbonyl (C=O) groups is 1. The van der Waals surface area contributed by atoms with E-state index in [1.807, 2.05) is 0 Å². The van der Waals surface area contributed by atoms with Crippen molar-refractivity contribution in [3.8, 4) is 5.75 Å². The number of likely N-dealkylation sites (tertiary alicyclic amines) is 1. The highest BCUT2D eigenvalue weighted by Crippen LogP contribution is 2.41. The van der Waals surface area contributed by atoms with Gasteiger partial charge in [-0.2, -0.15) is 0 Å². The largest absolute Gasteiger partial charge is 0.598 e. The molecule has 1 aliphatic heterocycles. The number of rotatable bonds is 6. The summed E-state index contributed by atoms with van der Waals surface area (Å²) in [6, 6.07) is 0.592. The summed E-state index contributed by atoms with van der Waals surface area (Å²) in [5.41, 5.74) is 0.355. The third kappa shape index (κ3) is 5.57. The Kier molecular flexibility index (Phi) is 8.40. The zero-order chi connectivity index (χ0) is 22.8.